The van der Waals surface area contributed by atoms with Crippen LogP contribution in [0, 0.1) is 0 Å². The molecular formula is C9H21NO2. The monoisotopic (exact) mass is 175 g/mol. The molecule has 0 saturated heterocycles. The molecule has 0 unspecified atom stereocenters. The Labute approximate surface area is 75.6 Å². The van der Waals surface area contributed by atoms with Crippen LogP contribution in [-0.4, -0.2) is 52.5 Å². The van der Waals surface area contributed by atoms with Gasteiger partial charge in [-0.25, -0.2) is 0 Å². The molecule has 0 aliphatic rings. The topological polar surface area (TPSA) is 21.7 Å². The molecule has 0 aliphatic heterocycles. The number of rotatable bonds is 8. The fourth-order valence-corrected chi connectivity index (χ4v) is 1.07. The highest BCUT2D eigenvalue weighted by Gasteiger charge is 1.96. The predicted molar refractivity (Wildman–Crippen MR) is 50.5 cm³/mol. The Morgan fingerprint density at radius 1 is 0.917 bits per heavy atom. The van der Waals surface area contributed by atoms with Gasteiger partial charge in [0.25, 0.3) is 0 Å². The Hall–Kier alpha value is -0.120. The molecule has 0 atom stereocenters. The van der Waals surface area contributed by atoms with Crippen LogP contribution in [0.3, 0.4) is 0 Å². The van der Waals surface area contributed by atoms with E-state index < -0.39 is 0 Å². The smallest absolute Gasteiger partial charge is 0.0474 e. The van der Waals surface area contributed by atoms with E-state index in [9.17, 15) is 0 Å². The zero-order valence-electron chi connectivity index (χ0n) is 8.51. The van der Waals surface area contributed by atoms with Gasteiger partial charge in [-0.1, -0.05) is 0 Å². The van der Waals surface area contributed by atoms with Crippen LogP contribution in [0.25, 0.3) is 0 Å². The lowest BCUT2D eigenvalue weighted by Crippen LogP contribution is -2.22. The van der Waals surface area contributed by atoms with Gasteiger partial charge >= 0.3 is 0 Å². The molecule has 0 aliphatic carbocycles. The average Bonchev–Trinajstić information content (AvgIpc) is 2.06. The van der Waals surface area contributed by atoms with Crippen molar-refractivity contribution in [3.8, 4) is 0 Å². The van der Waals surface area contributed by atoms with Gasteiger partial charge in [0.05, 0.1) is 0 Å². The van der Waals surface area contributed by atoms with E-state index in [1.54, 1.807) is 14.2 Å². The summed E-state index contributed by atoms with van der Waals surface area (Å²) in [6.45, 7) is 3.93. The number of hydrogen-bond donors (Lipinski definition) is 0. The zero-order valence-corrected chi connectivity index (χ0v) is 8.51. The third kappa shape index (κ3) is 7.98. The Kier molecular flexibility index (Phi) is 8.88. The lowest BCUT2D eigenvalue weighted by atomic mass is 10.3. The van der Waals surface area contributed by atoms with Crippen molar-refractivity contribution in [1.29, 1.82) is 0 Å². The van der Waals surface area contributed by atoms with Crippen molar-refractivity contribution in [2.75, 3.05) is 47.6 Å². The molecule has 0 aromatic carbocycles. The molecule has 0 rings (SSSR count). The molecule has 0 heterocycles. The molecule has 0 bridgehead atoms. The molecule has 0 fully saturated rings. The van der Waals surface area contributed by atoms with Crippen molar-refractivity contribution >= 4 is 0 Å². The Balaban J connectivity index is 3.04. The standard InChI is InChI=1S/C9H21NO2/c1-10(6-4-8-11-2)7-5-9-12-3/h4-9H2,1-3H3. The van der Waals surface area contributed by atoms with Crippen molar-refractivity contribution in [2.45, 2.75) is 12.8 Å². The Morgan fingerprint density at radius 3 is 1.67 bits per heavy atom. The summed E-state index contributed by atoms with van der Waals surface area (Å²) in [5.74, 6) is 0. The average molecular weight is 175 g/mol. The molecule has 74 valence electrons. The zero-order chi connectivity index (χ0) is 9.23. The Bertz CT molecular complexity index is 78.6. The highest BCUT2D eigenvalue weighted by Crippen LogP contribution is 1.90. The van der Waals surface area contributed by atoms with Crippen LogP contribution >= 0.6 is 0 Å². The largest absolute Gasteiger partial charge is 0.385 e. The lowest BCUT2D eigenvalue weighted by Gasteiger charge is -2.15. The summed E-state index contributed by atoms with van der Waals surface area (Å²) in [5, 5.41) is 0. The third-order valence-corrected chi connectivity index (χ3v) is 1.78. The van der Waals surface area contributed by atoms with Gasteiger partial charge in [0.2, 0.25) is 0 Å². The van der Waals surface area contributed by atoms with Crippen LogP contribution in [0.15, 0.2) is 0 Å². The van der Waals surface area contributed by atoms with E-state index in [0.717, 1.165) is 39.1 Å². The van der Waals surface area contributed by atoms with Crippen molar-refractivity contribution in [3.05, 3.63) is 0 Å². The minimum atomic E-state index is 0.856. The minimum Gasteiger partial charge on any atom is -0.385 e. The van der Waals surface area contributed by atoms with E-state index in [0.29, 0.717) is 0 Å². The first-order chi connectivity index (χ1) is 5.81. The maximum absolute atomic E-state index is 4.97. The maximum Gasteiger partial charge on any atom is 0.0474 e. The number of ether oxygens (including phenoxy) is 2. The molecule has 3 nitrogen and oxygen atoms in total. The molecule has 0 radical (unpaired) electrons. The molecule has 0 N–H and O–H groups in total. The third-order valence-electron chi connectivity index (χ3n) is 1.78. The van der Waals surface area contributed by atoms with Gasteiger partial charge in [-0.3, -0.25) is 0 Å². The molecule has 0 aromatic heterocycles. The van der Waals surface area contributed by atoms with Crippen LogP contribution in [-0.2, 0) is 9.47 Å². The van der Waals surface area contributed by atoms with Crippen molar-refractivity contribution < 1.29 is 9.47 Å². The van der Waals surface area contributed by atoms with Crippen LogP contribution < -0.4 is 0 Å². The molecular weight excluding hydrogens is 154 g/mol. The second-order valence-electron chi connectivity index (χ2n) is 3.00. The summed E-state index contributed by atoms with van der Waals surface area (Å²) >= 11 is 0. The first-order valence-corrected chi connectivity index (χ1v) is 4.47. The summed E-state index contributed by atoms with van der Waals surface area (Å²) in [6.07, 6.45) is 2.22. The second-order valence-corrected chi connectivity index (χ2v) is 3.00. The maximum atomic E-state index is 4.97. The van der Waals surface area contributed by atoms with Crippen LogP contribution in [0.1, 0.15) is 12.8 Å². The first kappa shape index (κ1) is 11.9. The first-order valence-electron chi connectivity index (χ1n) is 4.47. The van der Waals surface area contributed by atoms with E-state index in [-0.39, 0.29) is 0 Å². The van der Waals surface area contributed by atoms with Gasteiger partial charge in [0.1, 0.15) is 0 Å². The van der Waals surface area contributed by atoms with Gasteiger partial charge in [0.15, 0.2) is 0 Å². The molecule has 0 saturated carbocycles. The van der Waals surface area contributed by atoms with Crippen molar-refractivity contribution in [1.82, 2.24) is 4.90 Å². The van der Waals surface area contributed by atoms with E-state index >= 15 is 0 Å². The quantitative estimate of drug-likeness (QED) is 0.514. The van der Waals surface area contributed by atoms with Gasteiger partial charge in [-0.15, -0.1) is 0 Å². The van der Waals surface area contributed by atoms with E-state index in [1.807, 2.05) is 0 Å². The normalized spacial score (nSPS) is 11.0. The minimum absolute atomic E-state index is 0.856. The predicted octanol–water partition coefficient (Wildman–Crippen LogP) is 0.991. The van der Waals surface area contributed by atoms with Gasteiger partial charge in [-0.05, 0) is 19.9 Å². The fourth-order valence-electron chi connectivity index (χ4n) is 1.07. The van der Waals surface area contributed by atoms with Crippen molar-refractivity contribution in [2.24, 2.45) is 0 Å². The van der Waals surface area contributed by atoms with Crippen LogP contribution in [0.4, 0.5) is 0 Å². The number of hydrogen-bond acceptors (Lipinski definition) is 3. The molecule has 0 aromatic rings. The fraction of sp³-hybridized carbons (Fsp3) is 1.00. The summed E-state index contributed by atoms with van der Waals surface area (Å²) in [6, 6.07) is 0. The molecule has 0 amide bonds. The molecule has 3 heteroatoms. The highest BCUT2D eigenvalue weighted by atomic mass is 16.5. The highest BCUT2D eigenvalue weighted by molar-refractivity contribution is 4.50. The van der Waals surface area contributed by atoms with Crippen LogP contribution in [0.2, 0.25) is 0 Å². The van der Waals surface area contributed by atoms with Gasteiger partial charge in [-0.2, -0.15) is 0 Å². The Morgan fingerprint density at radius 2 is 1.33 bits per heavy atom. The van der Waals surface area contributed by atoms with E-state index in [1.165, 1.54) is 0 Å². The summed E-state index contributed by atoms with van der Waals surface area (Å²) in [4.78, 5) is 2.30. The van der Waals surface area contributed by atoms with Crippen LogP contribution in [0.5, 0.6) is 0 Å². The summed E-state index contributed by atoms with van der Waals surface area (Å²) in [5.41, 5.74) is 0. The lowest BCUT2D eigenvalue weighted by molar-refractivity contribution is 0.163. The van der Waals surface area contributed by atoms with Gasteiger partial charge in [0, 0.05) is 40.5 Å². The SMILES string of the molecule is COCCCN(C)CCCOC. The summed E-state index contributed by atoms with van der Waals surface area (Å²) < 4.78 is 9.93. The number of methoxy groups -OCH3 is 2. The second kappa shape index (κ2) is 8.97. The molecule has 0 spiro atoms. The number of nitrogens with zero attached hydrogens (tertiary/aromatic N) is 1. The molecule has 12 heavy (non-hydrogen) atoms. The van der Waals surface area contributed by atoms with E-state index in [4.69, 9.17) is 9.47 Å². The van der Waals surface area contributed by atoms with Gasteiger partial charge < -0.3 is 14.4 Å². The summed E-state index contributed by atoms with van der Waals surface area (Å²) in [7, 11) is 5.61. The van der Waals surface area contributed by atoms with E-state index in [2.05, 4.69) is 11.9 Å². The van der Waals surface area contributed by atoms with Crippen molar-refractivity contribution in [3.63, 3.8) is 0 Å².